The number of nitrogens with zero attached hydrogens (tertiary/aromatic N) is 1. The third-order valence-corrected chi connectivity index (χ3v) is 6.52. The SMILES string of the molecule is COC1=CC(=CC2=C(C)C(=CC(=O)NCc3cccnc3)c3cc(F)ccc32)C=C(OC)C12OCCO2. The molecule has 1 spiro atoms. The molecule has 1 aliphatic heterocycles. The molecule has 2 heterocycles. The van der Waals surface area contributed by atoms with E-state index in [-0.39, 0.29) is 11.7 Å². The summed E-state index contributed by atoms with van der Waals surface area (Å²) in [6, 6.07) is 8.29. The molecule has 1 fully saturated rings. The van der Waals surface area contributed by atoms with Crippen LogP contribution >= 0.6 is 0 Å². The van der Waals surface area contributed by atoms with Crippen LogP contribution in [0.2, 0.25) is 0 Å². The summed E-state index contributed by atoms with van der Waals surface area (Å²) in [6.45, 7) is 3.09. The van der Waals surface area contributed by atoms with E-state index in [0.29, 0.717) is 42.4 Å². The van der Waals surface area contributed by atoms with Crippen molar-refractivity contribution in [3.63, 3.8) is 0 Å². The van der Waals surface area contributed by atoms with Gasteiger partial charge in [0.25, 0.3) is 5.79 Å². The highest BCUT2D eigenvalue weighted by Crippen LogP contribution is 2.45. The summed E-state index contributed by atoms with van der Waals surface area (Å²) in [5, 5.41) is 2.88. The van der Waals surface area contributed by atoms with Gasteiger partial charge in [-0.25, -0.2) is 4.39 Å². The van der Waals surface area contributed by atoms with Crippen molar-refractivity contribution in [2.75, 3.05) is 27.4 Å². The first-order valence-electron chi connectivity index (χ1n) is 11.9. The van der Waals surface area contributed by atoms with E-state index < -0.39 is 5.79 Å². The summed E-state index contributed by atoms with van der Waals surface area (Å²) < 4.78 is 37.2. The van der Waals surface area contributed by atoms with Crippen molar-refractivity contribution in [1.29, 1.82) is 0 Å². The highest BCUT2D eigenvalue weighted by atomic mass is 19.1. The van der Waals surface area contributed by atoms with Gasteiger partial charge in [0.05, 0.1) is 27.4 Å². The number of halogens is 1. The number of ether oxygens (including phenoxy) is 4. The summed E-state index contributed by atoms with van der Waals surface area (Å²) in [5.41, 5.74) is 5.51. The Kier molecular flexibility index (Phi) is 6.78. The number of carbonyl (C=O) groups excluding carboxylic acids is 1. The average molecular weight is 503 g/mol. The normalized spacial score (nSPS) is 19.0. The Balaban J connectivity index is 1.52. The number of hydrogen-bond acceptors (Lipinski definition) is 6. The molecule has 190 valence electrons. The van der Waals surface area contributed by atoms with E-state index in [1.807, 2.05) is 37.3 Å². The number of rotatable bonds is 6. The number of benzene rings is 1. The maximum Gasteiger partial charge on any atom is 0.288 e. The highest BCUT2D eigenvalue weighted by Gasteiger charge is 2.49. The fourth-order valence-electron chi connectivity index (χ4n) is 4.76. The monoisotopic (exact) mass is 502 g/mol. The Labute approximate surface area is 214 Å². The van der Waals surface area contributed by atoms with Crippen molar-refractivity contribution in [3.05, 3.63) is 112 Å². The van der Waals surface area contributed by atoms with E-state index in [4.69, 9.17) is 18.9 Å². The molecule has 1 amide bonds. The first-order valence-corrected chi connectivity index (χ1v) is 11.9. The van der Waals surface area contributed by atoms with E-state index >= 15 is 0 Å². The van der Waals surface area contributed by atoms with Gasteiger partial charge in [-0.15, -0.1) is 0 Å². The quantitative estimate of drug-likeness (QED) is 0.588. The minimum Gasteiger partial charge on any atom is -0.495 e. The Morgan fingerprint density at radius 3 is 2.51 bits per heavy atom. The number of amides is 1. The minimum absolute atomic E-state index is 0.277. The number of allylic oxidation sites excluding steroid dienone is 7. The largest absolute Gasteiger partial charge is 0.495 e. The molecule has 0 radical (unpaired) electrons. The fourth-order valence-corrected chi connectivity index (χ4v) is 4.76. The molecule has 37 heavy (non-hydrogen) atoms. The Hall–Kier alpha value is -4.01. The summed E-state index contributed by atoms with van der Waals surface area (Å²) in [7, 11) is 3.11. The summed E-state index contributed by atoms with van der Waals surface area (Å²) in [5.74, 6) is -0.910. The van der Waals surface area contributed by atoms with Crippen LogP contribution in [-0.2, 0) is 30.3 Å². The molecule has 1 aromatic carbocycles. The molecule has 0 bridgehead atoms. The predicted molar refractivity (Wildman–Crippen MR) is 136 cm³/mol. The van der Waals surface area contributed by atoms with E-state index in [0.717, 1.165) is 27.8 Å². The van der Waals surface area contributed by atoms with Crippen LogP contribution in [0.15, 0.2) is 89.7 Å². The number of carbonyl (C=O) groups is 1. The van der Waals surface area contributed by atoms with Crippen LogP contribution in [0.3, 0.4) is 0 Å². The lowest BCUT2D eigenvalue weighted by atomic mass is 9.96. The first kappa shape index (κ1) is 24.7. The number of hydrogen-bond donors (Lipinski definition) is 1. The summed E-state index contributed by atoms with van der Waals surface area (Å²) in [6.07, 6.45) is 10.5. The molecule has 1 aromatic heterocycles. The van der Waals surface area contributed by atoms with Gasteiger partial charge in [-0.1, -0.05) is 12.1 Å². The molecule has 0 atom stereocenters. The van der Waals surface area contributed by atoms with Crippen LogP contribution in [0, 0.1) is 5.82 Å². The van der Waals surface area contributed by atoms with Gasteiger partial charge in [-0.2, -0.15) is 0 Å². The number of nitrogens with one attached hydrogen (secondary N) is 1. The first-order chi connectivity index (χ1) is 17.9. The molecule has 2 aromatic rings. The zero-order valence-electron chi connectivity index (χ0n) is 20.8. The summed E-state index contributed by atoms with van der Waals surface area (Å²) in [4.78, 5) is 16.9. The lowest BCUT2D eigenvalue weighted by molar-refractivity contribution is -0.150. The molecule has 0 unspecified atom stereocenters. The van der Waals surface area contributed by atoms with Crippen molar-refractivity contribution in [2.45, 2.75) is 19.3 Å². The third-order valence-electron chi connectivity index (χ3n) is 6.52. The second-order valence-electron chi connectivity index (χ2n) is 8.75. The fraction of sp³-hybridized carbons (Fsp3) is 0.241. The smallest absolute Gasteiger partial charge is 0.288 e. The highest BCUT2D eigenvalue weighted by molar-refractivity contribution is 6.08. The van der Waals surface area contributed by atoms with E-state index in [1.165, 1.54) is 18.2 Å². The average Bonchev–Trinajstić information content (AvgIpc) is 3.49. The van der Waals surface area contributed by atoms with Crippen molar-refractivity contribution in [3.8, 4) is 0 Å². The molecule has 5 rings (SSSR count). The standard InChI is InChI=1S/C29H27FN2O5/c1-18-23(11-20-12-26(34-2)29(27(13-20)35-3)36-9-10-37-29)22-7-6-21(30)14-25(22)24(18)15-28(33)32-17-19-5-4-8-31-16-19/h4-8,11-16H,9-10,17H2,1-3H3,(H,32,33). The van der Waals surface area contributed by atoms with E-state index in [2.05, 4.69) is 10.3 Å². The van der Waals surface area contributed by atoms with E-state index in [9.17, 15) is 9.18 Å². The molecular weight excluding hydrogens is 475 g/mol. The minimum atomic E-state index is -1.20. The Bertz CT molecular complexity index is 1360. The molecule has 7 nitrogen and oxygen atoms in total. The van der Waals surface area contributed by atoms with E-state index in [1.54, 1.807) is 32.7 Å². The zero-order valence-corrected chi connectivity index (χ0v) is 20.8. The molecule has 2 aliphatic carbocycles. The Morgan fingerprint density at radius 1 is 1.14 bits per heavy atom. The van der Waals surface area contributed by atoms with Crippen molar-refractivity contribution in [2.24, 2.45) is 0 Å². The maximum absolute atomic E-state index is 14.3. The predicted octanol–water partition coefficient (Wildman–Crippen LogP) is 4.45. The van der Waals surface area contributed by atoms with Crippen LogP contribution in [0.5, 0.6) is 0 Å². The van der Waals surface area contributed by atoms with Crippen LogP contribution in [0.4, 0.5) is 4.39 Å². The van der Waals surface area contributed by atoms with Gasteiger partial charge < -0.3 is 24.3 Å². The third kappa shape index (κ3) is 4.61. The van der Waals surface area contributed by atoms with Gasteiger partial charge in [0.1, 0.15) is 5.82 Å². The van der Waals surface area contributed by atoms with Gasteiger partial charge in [-0.3, -0.25) is 9.78 Å². The van der Waals surface area contributed by atoms with Gasteiger partial charge in [0, 0.05) is 25.0 Å². The lowest BCUT2D eigenvalue weighted by Crippen LogP contribution is -2.38. The second kappa shape index (κ2) is 10.2. The van der Waals surface area contributed by atoms with Crippen LogP contribution < -0.4 is 5.32 Å². The van der Waals surface area contributed by atoms with Crippen LogP contribution in [-0.4, -0.2) is 44.1 Å². The molecule has 1 N–H and O–H groups in total. The van der Waals surface area contributed by atoms with Crippen molar-refractivity contribution in [1.82, 2.24) is 10.3 Å². The van der Waals surface area contributed by atoms with Crippen LogP contribution in [0.1, 0.15) is 23.6 Å². The number of methoxy groups -OCH3 is 2. The van der Waals surface area contributed by atoms with Crippen LogP contribution in [0.25, 0.3) is 11.1 Å². The molecule has 8 heteroatoms. The molecular formula is C29H27FN2O5. The zero-order chi connectivity index (χ0) is 26.0. The number of aromatic nitrogens is 1. The molecule has 3 aliphatic rings. The maximum atomic E-state index is 14.3. The molecule has 0 saturated carbocycles. The summed E-state index contributed by atoms with van der Waals surface area (Å²) >= 11 is 0. The van der Waals surface area contributed by atoms with Gasteiger partial charge >= 0.3 is 0 Å². The van der Waals surface area contributed by atoms with Gasteiger partial charge in [0.2, 0.25) is 5.91 Å². The van der Waals surface area contributed by atoms with Crippen molar-refractivity contribution >= 4 is 17.1 Å². The lowest BCUT2D eigenvalue weighted by Gasteiger charge is -2.32. The topological polar surface area (TPSA) is 78.9 Å². The Morgan fingerprint density at radius 2 is 1.86 bits per heavy atom. The number of pyridine rings is 1. The van der Waals surface area contributed by atoms with Gasteiger partial charge in [-0.05, 0) is 82.3 Å². The molecule has 1 saturated heterocycles. The second-order valence-corrected chi connectivity index (χ2v) is 8.75. The van der Waals surface area contributed by atoms with Gasteiger partial charge in [0.15, 0.2) is 11.5 Å². The van der Waals surface area contributed by atoms with Crippen molar-refractivity contribution < 1.29 is 28.1 Å². The number of fused-ring (bicyclic) bond motifs is 1.